The number of nitrogens with zero attached hydrogens (tertiary/aromatic N) is 2. The fourth-order valence-corrected chi connectivity index (χ4v) is 2.16. The van der Waals surface area contributed by atoms with E-state index in [0.29, 0.717) is 5.15 Å². The summed E-state index contributed by atoms with van der Waals surface area (Å²) in [5, 5.41) is 0.513. The van der Waals surface area contributed by atoms with Crippen LogP contribution in [0.3, 0.4) is 0 Å². The van der Waals surface area contributed by atoms with Crippen LogP contribution in [-0.4, -0.2) is 17.1 Å². The summed E-state index contributed by atoms with van der Waals surface area (Å²) in [5.41, 5.74) is 2.68. The summed E-state index contributed by atoms with van der Waals surface area (Å²) in [5.74, 6) is 1.57. The van der Waals surface area contributed by atoms with Gasteiger partial charge < -0.3 is 4.74 Å². The van der Waals surface area contributed by atoms with Gasteiger partial charge in [-0.25, -0.2) is 9.97 Å². The van der Waals surface area contributed by atoms with E-state index in [1.807, 2.05) is 31.2 Å². The quantitative estimate of drug-likeness (QED) is 0.790. The maximum absolute atomic E-state index is 6.21. The number of aryl methyl sites for hydroxylation is 1. The molecular formula is C15H17ClN2O. The van der Waals surface area contributed by atoms with Crippen molar-refractivity contribution in [1.29, 1.82) is 0 Å². The van der Waals surface area contributed by atoms with Gasteiger partial charge in [0.1, 0.15) is 16.7 Å². The first-order valence-electron chi connectivity index (χ1n) is 6.33. The Hall–Kier alpha value is -1.61. The van der Waals surface area contributed by atoms with Crippen molar-refractivity contribution in [3.05, 3.63) is 40.8 Å². The lowest BCUT2D eigenvalue weighted by Gasteiger charge is -2.12. The molecule has 1 heterocycles. The van der Waals surface area contributed by atoms with Gasteiger partial charge in [-0.05, 0) is 25.5 Å². The average Bonchev–Trinajstić information content (AvgIpc) is 2.43. The number of hydrogen-bond donors (Lipinski definition) is 0. The predicted octanol–water partition coefficient (Wildman–Crippen LogP) is 4.07. The third kappa shape index (κ3) is 2.87. The van der Waals surface area contributed by atoms with Gasteiger partial charge in [0, 0.05) is 17.5 Å². The van der Waals surface area contributed by atoms with Crippen molar-refractivity contribution in [3.8, 4) is 17.0 Å². The zero-order valence-corrected chi connectivity index (χ0v) is 12.2. The zero-order valence-electron chi connectivity index (χ0n) is 11.4. The lowest BCUT2D eigenvalue weighted by atomic mass is 10.1. The largest absolute Gasteiger partial charge is 0.496 e. The smallest absolute Gasteiger partial charge is 0.136 e. The molecule has 1 aromatic heterocycles. The molecule has 19 heavy (non-hydrogen) atoms. The molecule has 0 fully saturated rings. The van der Waals surface area contributed by atoms with E-state index in [-0.39, 0.29) is 0 Å². The fourth-order valence-electron chi connectivity index (χ4n) is 1.97. The molecule has 0 saturated carbocycles. The van der Waals surface area contributed by atoms with E-state index in [0.717, 1.165) is 41.2 Å². The van der Waals surface area contributed by atoms with Gasteiger partial charge in [-0.2, -0.15) is 0 Å². The van der Waals surface area contributed by atoms with Crippen LogP contribution in [-0.2, 0) is 6.42 Å². The van der Waals surface area contributed by atoms with Crippen molar-refractivity contribution < 1.29 is 4.74 Å². The van der Waals surface area contributed by atoms with Crippen molar-refractivity contribution in [3.63, 3.8) is 0 Å². The Morgan fingerprint density at radius 3 is 2.63 bits per heavy atom. The molecule has 0 aliphatic rings. The topological polar surface area (TPSA) is 35.0 Å². The molecule has 0 amide bonds. The van der Waals surface area contributed by atoms with Gasteiger partial charge in [-0.3, -0.25) is 0 Å². The van der Waals surface area contributed by atoms with E-state index >= 15 is 0 Å². The van der Waals surface area contributed by atoms with Crippen molar-refractivity contribution in [2.45, 2.75) is 26.7 Å². The van der Waals surface area contributed by atoms with E-state index < -0.39 is 0 Å². The van der Waals surface area contributed by atoms with E-state index in [2.05, 4.69) is 16.9 Å². The molecule has 0 unspecified atom stereocenters. The Balaban J connectivity index is 2.60. The highest BCUT2D eigenvalue weighted by molar-refractivity contribution is 6.30. The molecule has 3 nitrogen and oxygen atoms in total. The third-order valence-corrected chi connectivity index (χ3v) is 3.34. The summed E-state index contributed by atoms with van der Waals surface area (Å²) in [6, 6.07) is 7.81. The molecule has 0 aliphatic heterocycles. The first-order valence-corrected chi connectivity index (χ1v) is 6.71. The molecule has 0 N–H and O–H groups in total. The standard InChI is InChI=1S/C15H17ClN2O/c1-4-7-13-17-14(10(2)15(16)18-13)11-8-5-6-9-12(11)19-3/h5-6,8-9H,4,7H2,1-3H3. The maximum Gasteiger partial charge on any atom is 0.136 e. The molecule has 4 heteroatoms. The van der Waals surface area contributed by atoms with Gasteiger partial charge in [0.2, 0.25) is 0 Å². The van der Waals surface area contributed by atoms with Crippen LogP contribution < -0.4 is 4.74 Å². The van der Waals surface area contributed by atoms with Gasteiger partial charge in [0.25, 0.3) is 0 Å². The second-order valence-electron chi connectivity index (χ2n) is 4.35. The van der Waals surface area contributed by atoms with Crippen LogP contribution in [0.5, 0.6) is 5.75 Å². The average molecular weight is 277 g/mol. The number of methoxy groups -OCH3 is 1. The molecule has 0 spiro atoms. The number of hydrogen-bond acceptors (Lipinski definition) is 3. The second kappa shape index (κ2) is 6.02. The van der Waals surface area contributed by atoms with Crippen LogP contribution in [0, 0.1) is 6.92 Å². The first kappa shape index (κ1) is 13.8. The van der Waals surface area contributed by atoms with Crippen LogP contribution in [0.2, 0.25) is 5.15 Å². The molecule has 100 valence electrons. The number of halogens is 1. The van der Waals surface area contributed by atoms with Crippen LogP contribution in [0.4, 0.5) is 0 Å². The van der Waals surface area contributed by atoms with Gasteiger partial charge in [0.15, 0.2) is 0 Å². The maximum atomic E-state index is 6.21. The highest BCUT2D eigenvalue weighted by atomic mass is 35.5. The predicted molar refractivity (Wildman–Crippen MR) is 77.8 cm³/mol. The number of para-hydroxylation sites is 1. The van der Waals surface area contributed by atoms with Crippen LogP contribution in [0.1, 0.15) is 24.7 Å². The zero-order chi connectivity index (χ0) is 13.8. The summed E-state index contributed by atoms with van der Waals surface area (Å²) in [4.78, 5) is 8.94. The molecule has 2 rings (SSSR count). The summed E-state index contributed by atoms with van der Waals surface area (Å²) in [6.07, 6.45) is 1.81. The highest BCUT2D eigenvalue weighted by Crippen LogP contribution is 2.32. The minimum Gasteiger partial charge on any atom is -0.496 e. The Bertz CT molecular complexity index is 584. The third-order valence-electron chi connectivity index (χ3n) is 2.97. The van der Waals surface area contributed by atoms with E-state index in [9.17, 15) is 0 Å². The summed E-state index contributed by atoms with van der Waals surface area (Å²) < 4.78 is 5.39. The van der Waals surface area contributed by atoms with Gasteiger partial charge in [-0.15, -0.1) is 0 Å². The van der Waals surface area contributed by atoms with Gasteiger partial charge in [-0.1, -0.05) is 30.7 Å². The van der Waals surface area contributed by atoms with Crippen molar-refractivity contribution in [1.82, 2.24) is 9.97 Å². The molecule has 0 saturated heterocycles. The lowest BCUT2D eigenvalue weighted by molar-refractivity contribution is 0.416. The van der Waals surface area contributed by atoms with Gasteiger partial charge >= 0.3 is 0 Å². The normalized spacial score (nSPS) is 10.5. The summed E-state index contributed by atoms with van der Waals surface area (Å²) >= 11 is 6.21. The molecule has 2 aromatic rings. The highest BCUT2D eigenvalue weighted by Gasteiger charge is 2.14. The Kier molecular flexibility index (Phi) is 4.38. The van der Waals surface area contributed by atoms with Crippen molar-refractivity contribution in [2.24, 2.45) is 0 Å². The molecule has 0 aliphatic carbocycles. The summed E-state index contributed by atoms with van der Waals surface area (Å²) in [6.45, 7) is 4.03. The number of ether oxygens (including phenoxy) is 1. The van der Waals surface area contributed by atoms with Crippen molar-refractivity contribution >= 4 is 11.6 Å². The second-order valence-corrected chi connectivity index (χ2v) is 4.71. The lowest BCUT2D eigenvalue weighted by Crippen LogP contribution is -2.01. The van der Waals surface area contributed by atoms with E-state index in [4.69, 9.17) is 16.3 Å². The molecular weight excluding hydrogens is 260 g/mol. The van der Waals surface area contributed by atoms with Crippen LogP contribution >= 0.6 is 11.6 Å². The minimum absolute atomic E-state index is 0.513. The molecule has 0 radical (unpaired) electrons. The molecule has 1 aromatic carbocycles. The molecule has 0 atom stereocenters. The SMILES string of the molecule is CCCc1nc(Cl)c(C)c(-c2ccccc2OC)n1. The number of rotatable bonds is 4. The minimum atomic E-state index is 0.513. The Labute approximate surface area is 118 Å². The first-order chi connectivity index (χ1) is 9.17. The Morgan fingerprint density at radius 2 is 1.95 bits per heavy atom. The van der Waals surface area contributed by atoms with E-state index in [1.54, 1.807) is 7.11 Å². The van der Waals surface area contributed by atoms with Crippen LogP contribution in [0.15, 0.2) is 24.3 Å². The molecule has 0 bridgehead atoms. The van der Waals surface area contributed by atoms with Crippen LogP contribution in [0.25, 0.3) is 11.3 Å². The number of benzene rings is 1. The fraction of sp³-hybridized carbons (Fsp3) is 0.333. The van der Waals surface area contributed by atoms with Gasteiger partial charge in [0.05, 0.1) is 12.8 Å². The summed E-state index contributed by atoms with van der Waals surface area (Å²) in [7, 11) is 1.66. The number of aromatic nitrogens is 2. The van der Waals surface area contributed by atoms with E-state index in [1.165, 1.54) is 0 Å². The monoisotopic (exact) mass is 276 g/mol. The van der Waals surface area contributed by atoms with Crippen molar-refractivity contribution in [2.75, 3.05) is 7.11 Å². The Morgan fingerprint density at radius 1 is 1.21 bits per heavy atom.